The molecule has 0 heterocycles. The van der Waals surface area contributed by atoms with E-state index in [1.54, 1.807) is 5.57 Å². The highest BCUT2D eigenvalue weighted by molar-refractivity contribution is 5.81. The summed E-state index contributed by atoms with van der Waals surface area (Å²) in [5, 5.41) is 9.33. The van der Waals surface area contributed by atoms with Crippen molar-refractivity contribution in [2.24, 2.45) is 52.1 Å². The molecule has 4 rings (SSSR count). The summed E-state index contributed by atoms with van der Waals surface area (Å²) >= 11 is 0. The zero-order valence-electron chi connectivity index (χ0n) is 31.9. The number of alkyl carbamates (subject to hydrolysis) is 1. The van der Waals surface area contributed by atoms with Crippen LogP contribution in [0.1, 0.15) is 125 Å². The Morgan fingerprint density at radius 2 is 1.73 bits per heavy atom. The first-order valence-corrected chi connectivity index (χ1v) is 19.9. The first kappa shape index (κ1) is 39.2. The van der Waals surface area contributed by atoms with Crippen molar-refractivity contribution in [2.75, 3.05) is 46.8 Å². The third kappa shape index (κ3) is 9.78. The maximum absolute atomic E-state index is 12.9. The van der Waals surface area contributed by atoms with Gasteiger partial charge in [-0.3, -0.25) is 4.79 Å². The Balaban J connectivity index is 1.24. The lowest BCUT2D eigenvalue weighted by Crippen LogP contribution is -2.51. The van der Waals surface area contributed by atoms with Crippen LogP contribution in [0.15, 0.2) is 11.6 Å². The molecule has 0 aromatic carbocycles. The van der Waals surface area contributed by atoms with E-state index in [1.807, 2.05) is 19.0 Å². The first-order valence-electron chi connectivity index (χ1n) is 19.9. The molecule has 1 unspecified atom stereocenters. The van der Waals surface area contributed by atoms with Crippen LogP contribution in [0.3, 0.4) is 0 Å². The average molecular weight is 672 g/mol. The van der Waals surface area contributed by atoms with Gasteiger partial charge in [-0.1, -0.05) is 65.5 Å². The maximum Gasteiger partial charge on any atom is 0.407 e. The van der Waals surface area contributed by atoms with Crippen LogP contribution >= 0.6 is 0 Å². The second kappa shape index (κ2) is 18.0. The highest BCUT2D eigenvalue weighted by Crippen LogP contribution is 2.67. The van der Waals surface area contributed by atoms with Gasteiger partial charge in [-0.25, -0.2) is 4.79 Å². The minimum Gasteiger partial charge on any atom is -0.446 e. The zero-order chi connectivity index (χ0) is 34.9. The molecule has 48 heavy (non-hydrogen) atoms. The Kier molecular flexibility index (Phi) is 14.7. The first-order chi connectivity index (χ1) is 22.9. The van der Waals surface area contributed by atoms with E-state index in [0.29, 0.717) is 44.4 Å². The fourth-order valence-electron chi connectivity index (χ4n) is 10.7. The number of allylic oxidation sites excluding steroid dienone is 1. The maximum atomic E-state index is 12.9. The molecule has 0 aromatic heterocycles. The van der Waals surface area contributed by atoms with Gasteiger partial charge in [-0.05, 0) is 138 Å². The summed E-state index contributed by atoms with van der Waals surface area (Å²) in [6.45, 7) is 15.7. The molecule has 0 aromatic rings. The molecule has 0 bridgehead atoms. The number of ether oxygens (including phenoxy) is 1. The van der Waals surface area contributed by atoms with Crippen molar-refractivity contribution >= 4 is 12.0 Å². The van der Waals surface area contributed by atoms with E-state index < -0.39 is 0 Å². The van der Waals surface area contributed by atoms with Crippen LogP contribution in [-0.4, -0.2) is 75.9 Å². The van der Waals surface area contributed by atoms with Crippen LogP contribution < -0.4 is 21.7 Å². The van der Waals surface area contributed by atoms with Gasteiger partial charge in [0.15, 0.2) is 0 Å². The number of likely N-dealkylation sites (N-methyl/N-ethyl adjacent to an activating group) is 1. The molecule has 3 saturated carbocycles. The normalized spacial score (nSPS) is 32.5. The third-order valence-corrected chi connectivity index (χ3v) is 13.4. The number of hydrogen-bond donors (Lipinski definition) is 4. The smallest absolute Gasteiger partial charge is 0.407 e. The van der Waals surface area contributed by atoms with Crippen molar-refractivity contribution in [2.45, 2.75) is 137 Å². The molecule has 3 fully saturated rings. The van der Waals surface area contributed by atoms with Crippen molar-refractivity contribution in [3.05, 3.63) is 11.6 Å². The van der Waals surface area contributed by atoms with Crippen molar-refractivity contribution < 1.29 is 14.3 Å². The highest BCUT2D eigenvalue weighted by atomic mass is 16.6. The minimum atomic E-state index is -0.325. The van der Waals surface area contributed by atoms with Crippen LogP contribution in [0.25, 0.3) is 0 Å². The molecule has 5 N–H and O–H groups in total. The van der Waals surface area contributed by atoms with Gasteiger partial charge in [0, 0.05) is 26.1 Å². The van der Waals surface area contributed by atoms with Crippen LogP contribution in [-0.2, 0) is 9.53 Å². The second-order valence-corrected chi connectivity index (χ2v) is 17.4. The molecule has 2 amide bonds. The summed E-state index contributed by atoms with van der Waals surface area (Å²) in [6.07, 6.45) is 18.3. The van der Waals surface area contributed by atoms with Gasteiger partial charge in [-0.15, -0.1) is 0 Å². The quantitative estimate of drug-likeness (QED) is 0.0934. The molecule has 8 heteroatoms. The molecular weight excluding hydrogens is 598 g/mol. The number of nitrogens with two attached hydrogens (primary N) is 1. The van der Waals surface area contributed by atoms with E-state index in [1.165, 1.54) is 51.4 Å². The molecule has 0 radical (unpaired) electrons. The van der Waals surface area contributed by atoms with Crippen molar-refractivity contribution in [3.63, 3.8) is 0 Å². The van der Waals surface area contributed by atoms with Crippen molar-refractivity contribution in [1.29, 1.82) is 0 Å². The van der Waals surface area contributed by atoms with E-state index in [9.17, 15) is 9.59 Å². The lowest BCUT2D eigenvalue weighted by atomic mass is 9.47. The molecular formula is C40H73N5O3. The Morgan fingerprint density at radius 3 is 2.46 bits per heavy atom. The van der Waals surface area contributed by atoms with E-state index in [4.69, 9.17) is 10.5 Å². The fraction of sp³-hybridized carbons (Fsp3) is 0.900. The van der Waals surface area contributed by atoms with Gasteiger partial charge in [0.25, 0.3) is 0 Å². The Hall–Kier alpha value is -1.64. The molecule has 8 nitrogen and oxygen atoms in total. The number of amides is 2. The summed E-state index contributed by atoms with van der Waals surface area (Å²) in [7, 11) is 3.99. The summed E-state index contributed by atoms with van der Waals surface area (Å²) in [5.41, 5.74) is 7.97. The predicted molar refractivity (Wildman–Crippen MR) is 198 cm³/mol. The Morgan fingerprint density at radius 1 is 0.938 bits per heavy atom. The summed E-state index contributed by atoms with van der Waals surface area (Å²) < 4.78 is 6.00. The fourth-order valence-corrected chi connectivity index (χ4v) is 10.7. The van der Waals surface area contributed by atoms with Crippen LogP contribution in [0.2, 0.25) is 0 Å². The number of nitrogens with one attached hydrogen (secondary N) is 3. The van der Waals surface area contributed by atoms with E-state index >= 15 is 0 Å². The standard InChI is InChI=1S/C40H73N5O3/c1-28(2)11-8-12-29(3)33-16-17-34-32-15-14-30-27-31(18-20-39(30,4)35(32)19-21-40(33,34)5)48-38(47)44-23-9-13-36(42-24-10-22-41)37(46)43-25-26-45(6)7/h14,28-29,31-36,42H,8-13,15-27,41H2,1-7H3,(H,43,46)(H,44,47)/t29-,31+,32+,33-,34+,35+,36?,39+,40-/m1/s1. The van der Waals surface area contributed by atoms with Gasteiger partial charge in [0.1, 0.15) is 6.10 Å². The number of nitrogens with zero attached hydrogens (tertiary/aromatic N) is 1. The number of hydrogen-bond acceptors (Lipinski definition) is 6. The summed E-state index contributed by atoms with van der Waals surface area (Å²) in [4.78, 5) is 27.7. The number of carbonyl (C=O) groups is 2. The predicted octanol–water partition coefficient (Wildman–Crippen LogP) is 6.89. The lowest BCUT2D eigenvalue weighted by Gasteiger charge is -2.58. The van der Waals surface area contributed by atoms with Gasteiger partial charge in [-0.2, -0.15) is 0 Å². The number of rotatable bonds is 18. The van der Waals surface area contributed by atoms with Gasteiger partial charge < -0.3 is 31.3 Å². The molecule has 9 atom stereocenters. The van der Waals surface area contributed by atoms with Crippen LogP contribution in [0.4, 0.5) is 4.79 Å². The number of fused-ring (bicyclic) bond motifs is 5. The molecule has 276 valence electrons. The van der Waals surface area contributed by atoms with Crippen LogP contribution in [0.5, 0.6) is 0 Å². The highest BCUT2D eigenvalue weighted by Gasteiger charge is 2.59. The van der Waals surface area contributed by atoms with Gasteiger partial charge >= 0.3 is 6.09 Å². The van der Waals surface area contributed by atoms with Crippen molar-refractivity contribution in [1.82, 2.24) is 20.9 Å². The second-order valence-electron chi connectivity index (χ2n) is 17.4. The summed E-state index contributed by atoms with van der Waals surface area (Å²) in [6, 6.07) is -0.291. The average Bonchev–Trinajstić information content (AvgIpc) is 3.39. The number of carbonyl (C=O) groups excluding carboxylic acids is 2. The van der Waals surface area contributed by atoms with E-state index in [0.717, 1.165) is 67.7 Å². The molecule has 0 aliphatic heterocycles. The van der Waals surface area contributed by atoms with Gasteiger partial charge in [0.05, 0.1) is 6.04 Å². The summed E-state index contributed by atoms with van der Waals surface area (Å²) in [5.74, 6) is 5.00. The monoisotopic (exact) mass is 672 g/mol. The van der Waals surface area contributed by atoms with E-state index in [-0.39, 0.29) is 29.6 Å². The van der Waals surface area contributed by atoms with E-state index in [2.05, 4.69) is 56.6 Å². The zero-order valence-corrected chi connectivity index (χ0v) is 31.9. The lowest BCUT2D eigenvalue weighted by molar-refractivity contribution is -0.123. The largest absolute Gasteiger partial charge is 0.446 e. The van der Waals surface area contributed by atoms with Gasteiger partial charge in [0.2, 0.25) is 5.91 Å². The van der Waals surface area contributed by atoms with Crippen molar-refractivity contribution in [3.8, 4) is 0 Å². The minimum absolute atomic E-state index is 0.00620. The topological polar surface area (TPSA) is 109 Å². The SMILES string of the molecule is CC(C)CCC[C@@H](C)[C@H]1CC[C@H]2[C@@H]3CC=C4C[C@@H](OC(=O)NCCCC(NCCCN)C(=O)NCCN(C)C)CC[C@]4(C)[C@H]3CC[C@]12C. The molecule has 4 aliphatic carbocycles. The van der Waals surface area contributed by atoms with Crippen LogP contribution in [0, 0.1) is 46.3 Å². The Labute approximate surface area is 293 Å². The molecule has 4 aliphatic rings. The molecule has 0 spiro atoms. The molecule has 0 saturated heterocycles. The third-order valence-electron chi connectivity index (χ3n) is 13.4. The Bertz CT molecular complexity index is 1060.